The van der Waals surface area contributed by atoms with Crippen LogP contribution in [0, 0.1) is 0 Å². The highest BCUT2D eigenvalue weighted by Gasteiger charge is 2.14. The zero-order valence-electron chi connectivity index (χ0n) is 10.4. The second-order valence-corrected chi connectivity index (χ2v) is 3.62. The fourth-order valence-corrected chi connectivity index (χ4v) is 1.42. The van der Waals surface area contributed by atoms with E-state index in [9.17, 15) is 4.79 Å². The quantitative estimate of drug-likeness (QED) is 0.764. The fraction of sp³-hybridized carbons (Fsp3) is 0.500. The van der Waals surface area contributed by atoms with E-state index in [1.165, 1.54) is 0 Å². The molecule has 0 aliphatic rings. The van der Waals surface area contributed by atoms with Gasteiger partial charge >= 0.3 is 5.97 Å². The van der Waals surface area contributed by atoms with Gasteiger partial charge in [0.05, 0.1) is 13.2 Å². The monoisotopic (exact) mass is 238 g/mol. The second-order valence-electron chi connectivity index (χ2n) is 3.62. The SMILES string of the molecule is CCOC(=O)c1cccnc1NC(C)COC. The maximum atomic E-state index is 11.7. The number of hydrogen-bond donors (Lipinski definition) is 1. The molecule has 0 saturated carbocycles. The Bertz CT molecular complexity index is 369. The molecule has 1 aromatic rings. The lowest BCUT2D eigenvalue weighted by molar-refractivity contribution is 0.0527. The molecule has 1 N–H and O–H groups in total. The first-order chi connectivity index (χ1) is 8.19. The van der Waals surface area contributed by atoms with Crippen molar-refractivity contribution in [2.75, 3.05) is 25.6 Å². The van der Waals surface area contributed by atoms with Gasteiger partial charge in [-0.3, -0.25) is 0 Å². The predicted octanol–water partition coefficient (Wildman–Crippen LogP) is 1.71. The average molecular weight is 238 g/mol. The molecule has 0 aliphatic heterocycles. The Kier molecular flexibility index (Phi) is 5.42. The number of carbonyl (C=O) groups excluding carboxylic acids is 1. The Morgan fingerprint density at radius 2 is 2.35 bits per heavy atom. The van der Waals surface area contributed by atoms with E-state index in [4.69, 9.17) is 9.47 Å². The van der Waals surface area contributed by atoms with Gasteiger partial charge in [-0.2, -0.15) is 0 Å². The van der Waals surface area contributed by atoms with Crippen molar-refractivity contribution in [1.82, 2.24) is 4.98 Å². The average Bonchev–Trinajstić information content (AvgIpc) is 2.30. The van der Waals surface area contributed by atoms with Crippen LogP contribution in [0.15, 0.2) is 18.3 Å². The van der Waals surface area contributed by atoms with Crippen LogP contribution >= 0.6 is 0 Å². The molecule has 0 radical (unpaired) electrons. The third-order valence-electron chi connectivity index (χ3n) is 2.10. The summed E-state index contributed by atoms with van der Waals surface area (Å²) in [6.07, 6.45) is 1.63. The van der Waals surface area contributed by atoms with Gasteiger partial charge in [-0.15, -0.1) is 0 Å². The summed E-state index contributed by atoms with van der Waals surface area (Å²) in [7, 11) is 1.63. The molecule has 94 valence electrons. The minimum Gasteiger partial charge on any atom is -0.462 e. The summed E-state index contributed by atoms with van der Waals surface area (Å²) in [4.78, 5) is 15.8. The van der Waals surface area contributed by atoms with E-state index < -0.39 is 0 Å². The highest BCUT2D eigenvalue weighted by molar-refractivity contribution is 5.94. The second kappa shape index (κ2) is 6.85. The van der Waals surface area contributed by atoms with Crippen molar-refractivity contribution in [2.45, 2.75) is 19.9 Å². The minimum absolute atomic E-state index is 0.0723. The molecule has 0 fully saturated rings. The van der Waals surface area contributed by atoms with Crippen LogP contribution in [0.2, 0.25) is 0 Å². The molecule has 17 heavy (non-hydrogen) atoms. The Balaban J connectivity index is 2.80. The zero-order valence-corrected chi connectivity index (χ0v) is 10.4. The van der Waals surface area contributed by atoms with Crippen LogP contribution in [0.4, 0.5) is 5.82 Å². The summed E-state index contributed by atoms with van der Waals surface area (Å²) in [5, 5.41) is 3.11. The van der Waals surface area contributed by atoms with Crippen molar-refractivity contribution in [3.8, 4) is 0 Å². The van der Waals surface area contributed by atoms with Crippen LogP contribution in [0.1, 0.15) is 24.2 Å². The highest BCUT2D eigenvalue weighted by atomic mass is 16.5. The maximum absolute atomic E-state index is 11.7. The summed E-state index contributed by atoms with van der Waals surface area (Å²) < 4.78 is 9.98. The molecule has 0 aromatic carbocycles. The molecule has 5 heteroatoms. The first-order valence-electron chi connectivity index (χ1n) is 5.56. The number of rotatable bonds is 6. The van der Waals surface area contributed by atoms with Gasteiger partial charge in [0, 0.05) is 19.3 Å². The third kappa shape index (κ3) is 4.03. The summed E-state index contributed by atoms with van der Waals surface area (Å²) in [5.41, 5.74) is 0.442. The fourth-order valence-electron chi connectivity index (χ4n) is 1.42. The molecule has 0 saturated heterocycles. The summed E-state index contributed by atoms with van der Waals surface area (Å²) in [6.45, 7) is 4.61. The molecule has 0 bridgehead atoms. The van der Waals surface area contributed by atoms with Crippen molar-refractivity contribution < 1.29 is 14.3 Å². The number of carbonyl (C=O) groups is 1. The first-order valence-corrected chi connectivity index (χ1v) is 5.56. The smallest absolute Gasteiger partial charge is 0.341 e. The normalized spacial score (nSPS) is 11.9. The van der Waals surface area contributed by atoms with Crippen LogP contribution in [-0.4, -0.2) is 37.3 Å². The van der Waals surface area contributed by atoms with Gasteiger partial charge in [0.15, 0.2) is 0 Å². The van der Waals surface area contributed by atoms with Crippen LogP contribution in [0.25, 0.3) is 0 Å². The number of esters is 1. The lowest BCUT2D eigenvalue weighted by Crippen LogP contribution is -2.23. The third-order valence-corrected chi connectivity index (χ3v) is 2.10. The van der Waals surface area contributed by atoms with Crippen molar-refractivity contribution >= 4 is 11.8 Å². The van der Waals surface area contributed by atoms with E-state index in [-0.39, 0.29) is 12.0 Å². The van der Waals surface area contributed by atoms with E-state index in [2.05, 4.69) is 10.3 Å². The Hall–Kier alpha value is -1.62. The molecular weight excluding hydrogens is 220 g/mol. The molecule has 0 spiro atoms. The Labute approximate surface area is 101 Å². The highest BCUT2D eigenvalue weighted by Crippen LogP contribution is 2.14. The number of ether oxygens (including phenoxy) is 2. The van der Waals surface area contributed by atoms with Crippen LogP contribution in [0.3, 0.4) is 0 Å². The number of aromatic nitrogens is 1. The first kappa shape index (κ1) is 13.4. The molecule has 1 aromatic heterocycles. The van der Waals surface area contributed by atoms with Crippen LogP contribution < -0.4 is 5.32 Å². The van der Waals surface area contributed by atoms with Gasteiger partial charge in [0.2, 0.25) is 0 Å². The number of nitrogens with one attached hydrogen (secondary N) is 1. The number of nitrogens with zero attached hydrogens (tertiary/aromatic N) is 1. The largest absolute Gasteiger partial charge is 0.462 e. The van der Waals surface area contributed by atoms with Gasteiger partial charge in [-0.1, -0.05) is 0 Å². The van der Waals surface area contributed by atoms with E-state index in [0.717, 1.165) is 0 Å². The van der Waals surface area contributed by atoms with Crippen molar-refractivity contribution in [3.05, 3.63) is 23.9 Å². The topological polar surface area (TPSA) is 60.5 Å². The van der Waals surface area contributed by atoms with E-state index in [0.29, 0.717) is 24.6 Å². The standard InChI is InChI=1S/C12H18N2O3/c1-4-17-12(15)10-6-5-7-13-11(10)14-9(2)8-16-3/h5-7,9H,4,8H2,1-3H3,(H,13,14). The van der Waals surface area contributed by atoms with Crippen molar-refractivity contribution in [1.29, 1.82) is 0 Å². The molecule has 1 unspecified atom stereocenters. The van der Waals surface area contributed by atoms with Crippen LogP contribution in [0.5, 0.6) is 0 Å². The van der Waals surface area contributed by atoms with E-state index >= 15 is 0 Å². The molecule has 0 aliphatic carbocycles. The zero-order chi connectivity index (χ0) is 12.7. The lowest BCUT2D eigenvalue weighted by Gasteiger charge is -2.15. The number of methoxy groups -OCH3 is 1. The maximum Gasteiger partial charge on any atom is 0.341 e. The summed E-state index contributed by atoms with van der Waals surface area (Å²) in [5.74, 6) is 0.156. The Morgan fingerprint density at radius 1 is 1.59 bits per heavy atom. The number of hydrogen-bond acceptors (Lipinski definition) is 5. The molecule has 0 amide bonds. The lowest BCUT2D eigenvalue weighted by atomic mass is 10.2. The van der Waals surface area contributed by atoms with Gasteiger partial charge in [-0.25, -0.2) is 9.78 Å². The summed E-state index contributed by atoms with van der Waals surface area (Å²) in [6, 6.07) is 3.47. The van der Waals surface area contributed by atoms with Gasteiger partial charge < -0.3 is 14.8 Å². The van der Waals surface area contributed by atoms with Gasteiger partial charge in [0.25, 0.3) is 0 Å². The van der Waals surface area contributed by atoms with E-state index in [1.54, 1.807) is 32.4 Å². The number of anilines is 1. The van der Waals surface area contributed by atoms with Crippen molar-refractivity contribution in [3.63, 3.8) is 0 Å². The van der Waals surface area contributed by atoms with Gasteiger partial charge in [-0.05, 0) is 26.0 Å². The molecule has 1 atom stereocenters. The molecule has 1 heterocycles. The predicted molar refractivity (Wildman–Crippen MR) is 65.2 cm³/mol. The summed E-state index contributed by atoms with van der Waals surface area (Å²) >= 11 is 0. The minimum atomic E-state index is -0.368. The number of pyridine rings is 1. The Morgan fingerprint density at radius 3 is 3.00 bits per heavy atom. The van der Waals surface area contributed by atoms with Crippen molar-refractivity contribution in [2.24, 2.45) is 0 Å². The molecular formula is C12H18N2O3. The van der Waals surface area contributed by atoms with Gasteiger partial charge in [0.1, 0.15) is 11.4 Å². The molecule has 1 rings (SSSR count). The molecule has 5 nitrogen and oxygen atoms in total. The van der Waals surface area contributed by atoms with E-state index in [1.807, 2.05) is 6.92 Å². The van der Waals surface area contributed by atoms with Crippen LogP contribution in [-0.2, 0) is 9.47 Å².